The lowest BCUT2D eigenvalue weighted by molar-refractivity contribution is 0.307. The van der Waals surface area contributed by atoms with Crippen LogP contribution in [-0.4, -0.2) is 24.3 Å². The first kappa shape index (κ1) is 21.7. The van der Waals surface area contributed by atoms with Gasteiger partial charge in [-0.1, -0.05) is 30.3 Å². The van der Waals surface area contributed by atoms with Gasteiger partial charge in [0.1, 0.15) is 12.4 Å². The Kier molecular flexibility index (Phi) is 5.07. The highest BCUT2D eigenvalue weighted by Crippen LogP contribution is 2.34. The van der Waals surface area contributed by atoms with E-state index in [1.807, 2.05) is 85.4 Å². The van der Waals surface area contributed by atoms with Crippen molar-refractivity contribution in [2.24, 2.45) is 7.05 Å². The SMILES string of the molecule is Cc1cc(=O)[nH]c2cc(OCc3ccccc3)c(-c3n[nH]c(=O)n3-c3ccc4c(ccn4C)c3)cc12. The van der Waals surface area contributed by atoms with E-state index in [2.05, 4.69) is 15.2 Å². The maximum Gasteiger partial charge on any atom is 0.348 e. The first-order chi connectivity index (χ1) is 17.5. The van der Waals surface area contributed by atoms with Gasteiger partial charge >= 0.3 is 5.69 Å². The van der Waals surface area contributed by atoms with Crippen LogP contribution in [0.4, 0.5) is 0 Å². The Morgan fingerprint density at radius 1 is 0.972 bits per heavy atom. The molecule has 0 aliphatic carbocycles. The Balaban J connectivity index is 1.55. The summed E-state index contributed by atoms with van der Waals surface area (Å²) in [4.78, 5) is 28.0. The van der Waals surface area contributed by atoms with Crippen LogP contribution in [0.15, 0.2) is 88.6 Å². The Hall–Kier alpha value is -4.85. The van der Waals surface area contributed by atoms with Crippen LogP contribution in [-0.2, 0) is 13.7 Å². The number of aryl methyl sites for hydroxylation is 2. The summed E-state index contributed by atoms with van der Waals surface area (Å²) in [7, 11) is 1.98. The summed E-state index contributed by atoms with van der Waals surface area (Å²) in [5, 5.41) is 8.84. The number of benzene rings is 3. The van der Waals surface area contributed by atoms with Gasteiger partial charge in [0.25, 0.3) is 0 Å². The molecule has 8 heteroatoms. The number of fused-ring (bicyclic) bond motifs is 2. The highest BCUT2D eigenvalue weighted by molar-refractivity contribution is 5.89. The molecule has 0 unspecified atom stereocenters. The van der Waals surface area contributed by atoms with E-state index < -0.39 is 0 Å². The predicted octanol–water partition coefficient (Wildman–Crippen LogP) is 4.45. The fourth-order valence-electron chi connectivity index (χ4n) is 4.61. The average molecular weight is 478 g/mol. The first-order valence-corrected chi connectivity index (χ1v) is 11.6. The fraction of sp³-hybridized carbons (Fsp3) is 0.107. The molecule has 0 atom stereocenters. The summed E-state index contributed by atoms with van der Waals surface area (Å²) in [5.74, 6) is 0.930. The van der Waals surface area contributed by atoms with Crippen molar-refractivity contribution in [1.82, 2.24) is 24.3 Å². The van der Waals surface area contributed by atoms with Gasteiger partial charge in [-0.15, -0.1) is 0 Å². The second-order valence-electron chi connectivity index (χ2n) is 8.84. The second-order valence-corrected chi connectivity index (χ2v) is 8.84. The number of pyridine rings is 1. The minimum Gasteiger partial charge on any atom is -0.488 e. The molecule has 0 amide bonds. The summed E-state index contributed by atoms with van der Waals surface area (Å²) in [6.45, 7) is 2.20. The molecule has 6 aromatic rings. The van der Waals surface area contributed by atoms with Crippen LogP contribution in [0.3, 0.4) is 0 Å². The summed E-state index contributed by atoms with van der Waals surface area (Å²) in [6.07, 6.45) is 1.98. The average Bonchev–Trinajstić information content (AvgIpc) is 3.44. The van der Waals surface area contributed by atoms with E-state index >= 15 is 0 Å². The van der Waals surface area contributed by atoms with Crippen LogP contribution in [0.1, 0.15) is 11.1 Å². The summed E-state index contributed by atoms with van der Waals surface area (Å²) < 4.78 is 9.82. The van der Waals surface area contributed by atoms with Crippen molar-refractivity contribution < 1.29 is 4.74 Å². The third kappa shape index (κ3) is 3.69. The lowest BCUT2D eigenvalue weighted by atomic mass is 10.0. The summed E-state index contributed by atoms with van der Waals surface area (Å²) in [5.41, 5.74) is 4.32. The zero-order valence-electron chi connectivity index (χ0n) is 19.8. The number of H-pyrrole nitrogens is 2. The molecule has 3 heterocycles. The molecule has 0 fully saturated rings. The smallest absolute Gasteiger partial charge is 0.348 e. The van der Waals surface area contributed by atoms with E-state index in [-0.39, 0.29) is 11.2 Å². The summed E-state index contributed by atoms with van der Waals surface area (Å²) >= 11 is 0. The molecule has 0 saturated carbocycles. The number of nitrogens with one attached hydrogen (secondary N) is 2. The van der Waals surface area contributed by atoms with E-state index in [1.165, 1.54) is 0 Å². The minimum absolute atomic E-state index is 0.186. The molecular formula is C28H23N5O3. The van der Waals surface area contributed by atoms with Gasteiger partial charge in [0.05, 0.1) is 16.8 Å². The maximum atomic E-state index is 13.0. The van der Waals surface area contributed by atoms with Gasteiger partial charge in [-0.3, -0.25) is 4.79 Å². The molecule has 0 spiro atoms. The molecule has 2 N–H and O–H groups in total. The lowest BCUT2D eigenvalue weighted by Gasteiger charge is -2.15. The van der Waals surface area contributed by atoms with E-state index in [0.29, 0.717) is 34.9 Å². The molecule has 3 aromatic carbocycles. The number of hydrogen-bond acceptors (Lipinski definition) is 4. The molecule has 0 radical (unpaired) electrons. The molecular weight excluding hydrogens is 454 g/mol. The van der Waals surface area contributed by atoms with Crippen molar-refractivity contribution in [2.75, 3.05) is 0 Å². The van der Waals surface area contributed by atoms with Crippen LogP contribution in [0.5, 0.6) is 5.75 Å². The van der Waals surface area contributed by atoms with E-state index in [9.17, 15) is 9.59 Å². The van der Waals surface area contributed by atoms with Crippen LogP contribution in [0, 0.1) is 6.92 Å². The van der Waals surface area contributed by atoms with Crippen LogP contribution in [0.25, 0.3) is 38.9 Å². The normalized spacial score (nSPS) is 11.4. The number of ether oxygens (including phenoxy) is 1. The third-order valence-electron chi connectivity index (χ3n) is 6.43. The Morgan fingerprint density at radius 2 is 1.81 bits per heavy atom. The molecule has 0 aliphatic rings. The van der Waals surface area contributed by atoms with Crippen molar-refractivity contribution in [3.8, 4) is 22.8 Å². The number of hydrogen-bond donors (Lipinski definition) is 2. The maximum absolute atomic E-state index is 13.0. The van der Waals surface area contributed by atoms with Gasteiger partial charge in [-0.05, 0) is 48.4 Å². The number of nitrogens with zero attached hydrogens (tertiary/aromatic N) is 3. The standard InChI is InChI=1S/C28H23N5O3/c1-17-12-26(34)29-23-15-25(36-16-18-6-4-3-5-7-18)22(14-21(17)23)27-30-31-28(35)33(27)20-8-9-24-19(13-20)10-11-32(24)2/h3-15H,16H2,1-2H3,(H,29,34)(H,31,35). The van der Waals surface area contributed by atoms with Crippen LogP contribution in [0.2, 0.25) is 0 Å². The van der Waals surface area contributed by atoms with Crippen molar-refractivity contribution in [3.05, 3.63) is 111 Å². The topological polar surface area (TPSA) is 97.7 Å². The van der Waals surface area contributed by atoms with Gasteiger partial charge < -0.3 is 14.3 Å². The third-order valence-corrected chi connectivity index (χ3v) is 6.43. The number of aromatic nitrogens is 5. The summed E-state index contributed by atoms with van der Waals surface area (Å²) in [6, 6.07) is 22.9. The van der Waals surface area contributed by atoms with Gasteiger partial charge in [-0.25, -0.2) is 14.5 Å². The van der Waals surface area contributed by atoms with Gasteiger partial charge in [0.15, 0.2) is 5.82 Å². The largest absolute Gasteiger partial charge is 0.488 e. The highest BCUT2D eigenvalue weighted by Gasteiger charge is 2.19. The Morgan fingerprint density at radius 3 is 2.64 bits per heavy atom. The molecule has 8 nitrogen and oxygen atoms in total. The van der Waals surface area contributed by atoms with Crippen molar-refractivity contribution >= 4 is 21.8 Å². The molecule has 0 aliphatic heterocycles. The van der Waals surface area contributed by atoms with E-state index in [0.717, 1.165) is 27.4 Å². The quantitative estimate of drug-likeness (QED) is 0.383. The molecule has 3 aromatic heterocycles. The van der Waals surface area contributed by atoms with Crippen LogP contribution < -0.4 is 16.0 Å². The van der Waals surface area contributed by atoms with Crippen LogP contribution >= 0.6 is 0 Å². The Labute approximate surface area is 205 Å². The number of rotatable bonds is 5. The van der Waals surface area contributed by atoms with Gasteiger partial charge in [0, 0.05) is 41.7 Å². The lowest BCUT2D eigenvalue weighted by Crippen LogP contribution is -2.16. The molecule has 178 valence electrons. The van der Waals surface area contributed by atoms with Crippen molar-refractivity contribution in [1.29, 1.82) is 0 Å². The van der Waals surface area contributed by atoms with Gasteiger partial charge in [0.2, 0.25) is 5.56 Å². The zero-order valence-corrected chi connectivity index (χ0v) is 19.8. The molecule has 36 heavy (non-hydrogen) atoms. The molecule has 0 saturated heterocycles. The Bertz CT molecular complexity index is 1860. The van der Waals surface area contributed by atoms with Crippen molar-refractivity contribution in [2.45, 2.75) is 13.5 Å². The van der Waals surface area contributed by atoms with Crippen molar-refractivity contribution in [3.63, 3.8) is 0 Å². The van der Waals surface area contributed by atoms with E-state index in [1.54, 1.807) is 16.7 Å². The second kappa shape index (κ2) is 8.42. The molecule has 0 bridgehead atoms. The number of aromatic amines is 2. The predicted molar refractivity (Wildman–Crippen MR) is 140 cm³/mol. The minimum atomic E-state index is -0.354. The molecule has 6 rings (SSSR count). The first-order valence-electron chi connectivity index (χ1n) is 11.6. The highest BCUT2D eigenvalue weighted by atomic mass is 16.5. The van der Waals surface area contributed by atoms with Gasteiger partial charge in [-0.2, -0.15) is 5.10 Å². The fourth-order valence-corrected chi connectivity index (χ4v) is 4.61. The monoisotopic (exact) mass is 477 g/mol. The zero-order chi connectivity index (χ0) is 24.8. The van der Waals surface area contributed by atoms with E-state index in [4.69, 9.17) is 4.74 Å².